The van der Waals surface area contributed by atoms with Gasteiger partial charge in [0.25, 0.3) is 0 Å². The number of hydrogen-bond acceptors (Lipinski definition) is 4. The summed E-state index contributed by atoms with van der Waals surface area (Å²) in [6, 6.07) is 13.4. The summed E-state index contributed by atoms with van der Waals surface area (Å²) >= 11 is 6.10. The van der Waals surface area contributed by atoms with Crippen molar-refractivity contribution in [3.8, 4) is 11.5 Å². The summed E-state index contributed by atoms with van der Waals surface area (Å²) in [6.07, 6.45) is 0. The maximum atomic E-state index is 12.1. The van der Waals surface area contributed by atoms with Crippen molar-refractivity contribution in [3.05, 3.63) is 53.6 Å². The van der Waals surface area contributed by atoms with Gasteiger partial charge in [0.1, 0.15) is 5.75 Å². The molecule has 7 heteroatoms. The molecule has 0 fully saturated rings. The van der Waals surface area contributed by atoms with E-state index in [1.807, 2.05) is 13.8 Å². The number of nitrogens with one attached hydrogen (secondary N) is 2. The van der Waals surface area contributed by atoms with Crippen LogP contribution in [0.3, 0.4) is 0 Å². The van der Waals surface area contributed by atoms with E-state index in [2.05, 4.69) is 10.6 Å². The van der Waals surface area contributed by atoms with Crippen LogP contribution in [0.25, 0.3) is 0 Å². The fourth-order valence-electron chi connectivity index (χ4n) is 2.09. The molecule has 0 aliphatic heterocycles. The fraction of sp³-hybridized carbons (Fsp3) is 0.263. The second-order valence-electron chi connectivity index (χ2n) is 6.06. The van der Waals surface area contributed by atoms with Crippen LogP contribution in [0.4, 0.5) is 5.69 Å². The number of hydrogen-bond donors (Lipinski definition) is 3. The van der Waals surface area contributed by atoms with Crippen LogP contribution in [-0.2, 0) is 9.59 Å². The smallest absolute Gasteiger partial charge is 0.243 e. The minimum Gasteiger partial charge on any atom is -0.454 e. The van der Waals surface area contributed by atoms with Gasteiger partial charge in [-0.15, -0.1) is 0 Å². The van der Waals surface area contributed by atoms with Crippen molar-refractivity contribution < 1.29 is 14.3 Å². The zero-order valence-electron chi connectivity index (χ0n) is 14.7. The Bertz CT molecular complexity index is 780. The van der Waals surface area contributed by atoms with Crippen molar-refractivity contribution in [1.29, 1.82) is 0 Å². The highest BCUT2D eigenvalue weighted by molar-refractivity contribution is 6.32. The standard InChI is InChI=1S/C19H22ClN3O3/c1-12(2)18(21)19(25)22-11-17(24)23-14-8-4-6-10-16(14)26-15-9-5-3-7-13(15)20/h3-10,12,18H,11,21H2,1-2H3,(H,22,25)(H,23,24)/t18-/m0/s1. The molecular formula is C19H22ClN3O3. The third-order valence-electron chi connectivity index (χ3n) is 3.66. The SMILES string of the molecule is CC(C)[C@H](N)C(=O)NCC(=O)Nc1ccccc1Oc1ccccc1Cl. The van der Waals surface area contributed by atoms with E-state index >= 15 is 0 Å². The molecule has 0 heterocycles. The molecule has 1 atom stereocenters. The number of benzene rings is 2. The molecule has 2 amide bonds. The second kappa shape index (κ2) is 9.22. The molecule has 2 aromatic carbocycles. The minimum atomic E-state index is -0.654. The van der Waals surface area contributed by atoms with Gasteiger partial charge in [-0.2, -0.15) is 0 Å². The summed E-state index contributed by atoms with van der Waals surface area (Å²) in [6.45, 7) is 3.50. The van der Waals surface area contributed by atoms with Crippen LogP contribution in [-0.4, -0.2) is 24.4 Å². The Hall–Kier alpha value is -2.57. The average molecular weight is 376 g/mol. The molecule has 0 spiro atoms. The molecule has 0 saturated carbocycles. The number of halogens is 1. The lowest BCUT2D eigenvalue weighted by Gasteiger charge is -2.16. The summed E-state index contributed by atoms with van der Waals surface area (Å²) in [7, 11) is 0. The van der Waals surface area contributed by atoms with Gasteiger partial charge in [0.15, 0.2) is 5.75 Å². The topological polar surface area (TPSA) is 93.5 Å². The molecule has 26 heavy (non-hydrogen) atoms. The van der Waals surface area contributed by atoms with Gasteiger partial charge in [0.05, 0.1) is 23.3 Å². The van der Waals surface area contributed by atoms with Crippen molar-refractivity contribution in [1.82, 2.24) is 5.32 Å². The zero-order chi connectivity index (χ0) is 19.1. The Morgan fingerprint density at radius 3 is 2.35 bits per heavy atom. The molecule has 0 aliphatic rings. The van der Waals surface area contributed by atoms with E-state index in [1.165, 1.54) is 0 Å². The number of nitrogens with two attached hydrogens (primary N) is 1. The third kappa shape index (κ3) is 5.47. The zero-order valence-corrected chi connectivity index (χ0v) is 15.4. The molecule has 0 unspecified atom stereocenters. The minimum absolute atomic E-state index is 0.0113. The van der Waals surface area contributed by atoms with Crippen LogP contribution in [0, 0.1) is 5.92 Å². The molecule has 0 bridgehead atoms. The number of amides is 2. The molecule has 0 radical (unpaired) electrons. The Kier molecular flexibility index (Phi) is 7.00. The molecule has 2 aromatic rings. The highest BCUT2D eigenvalue weighted by atomic mass is 35.5. The first-order valence-electron chi connectivity index (χ1n) is 8.23. The van der Waals surface area contributed by atoms with E-state index in [4.69, 9.17) is 22.1 Å². The highest BCUT2D eigenvalue weighted by Crippen LogP contribution is 2.33. The average Bonchev–Trinajstić information content (AvgIpc) is 2.62. The Morgan fingerprint density at radius 2 is 1.69 bits per heavy atom. The highest BCUT2D eigenvalue weighted by Gasteiger charge is 2.18. The van der Waals surface area contributed by atoms with Crippen LogP contribution in [0.1, 0.15) is 13.8 Å². The van der Waals surface area contributed by atoms with E-state index in [9.17, 15) is 9.59 Å². The number of anilines is 1. The summed E-state index contributed by atoms with van der Waals surface area (Å²) in [4.78, 5) is 24.0. The summed E-state index contributed by atoms with van der Waals surface area (Å²) < 4.78 is 5.78. The molecule has 0 aromatic heterocycles. The van der Waals surface area contributed by atoms with Crippen molar-refractivity contribution in [2.75, 3.05) is 11.9 Å². The lowest BCUT2D eigenvalue weighted by atomic mass is 10.1. The summed E-state index contributed by atoms with van der Waals surface area (Å²) in [5.74, 6) is 0.161. The van der Waals surface area contributed by atoms with Gasteiger partial charge < -0.3 is 21.1 Å². The van der Waals surface area contributed by atoms with Gasteiger partial charge in [-0.3, -0.25) is 9.59 Å². The number of ether oxygens (including phenoxy) is 1. The quantitative estimate of drug-likeness (QED) is 0.692. The van der Waals surface area contributed by atoms with Crippen LogP contribution in [0.5, 0.6) is 11.5 Å². The first-order chi connectivity index (χ1) is 12.4. The monoisotopic (exact) mass is 375 g/mol. The second-order valence-corrected chi connectivity index (χ2v) is 6.47. The molecule has 4 N–H and O–H groups in total. The fourth-order valence-corrected chi connectivity index (χ4v) is 2.26. The van der Waals surface area contributed by atoms with Gasteiger partial charge in [0, 0.05) is 0 Å². The molecule has 138 valence electrons. The number of carbonyl (C=O) groups is 2. The Balaban J connectivity index is 2.00. The molecule has 2 rings (SSSR count). The maximum absolute atomic E-state index is 12.1. The number of carbonyl (C=O) groups excluding carboxylic acids is 2. The molecule has 6 nitrogen and oxygen atoms in total. The Morgan fingerprint density at radius 1 is 1.08 bits per heavy atom. The van der Waals surface area contributed by atoms with E-state index in [0.717, 1.165) is 0 Å². The lowest BCUT2D eigenvalue weighted by molar-refractivity contribution is -0.125. The van der Waals surface area contributed by atoms with E-state index < -0.39 is 6.04 Å². The van der Waals surface area contributed by atoms with E-state index in [0.29, 0.717) is 22.2 Å². The van der Waals surface area contributed by atoms with Gasteiger partial charge in [-0.1, -0.05) is 49.7 Å². The van der Waals surface area contributed by atoms with Crippen molar-refractivity contribution in [2.45, 2.75) is 19.9 Å². The van der Waals surface area contributed by atoms with Crippen LogP contribution >= 0.6 is 11.6 Å². The Labute approximate surface area is 157 Å². The van der Waals surface area contributed by atoms with Crippen molar-refractivity contribution in [3.63, 3.8) is 0 Å². The lowest BCUT2D eigenvalue weighted by Crippen LogP contribution is -2.46. The normalized spacial score (nSPS) is 11.7. The van der Waals surface area contributed by atoms with Gasteiger partial charge >= 0.3 is 0 Å². The third-order valence-corrected chi connectivity index (χ3v) is 3.97. The van der Waals surface area contributed by atoms with Gasteiger partial charge in [-0.25, -0.2) is 0 Å². The first-order valence-corrected chi connectivity index (χ1v) is 8.61. The van der Waals surface area contributed by atoms with Crippen molar-refractivity contribution >= 4 is 29.1 Å². The molecule has 0 saturated heterocycles. The molecule has 0 aliphatic carbocycles. The number of para-hydroxylation sites is 3. The van der Waals surface area contributed by atoms with E-state index in [1.54, 1.807) is 48.5 Å². The van der Waals surface area contributed by atoms with Gasteiger partial charge in [-0.05, 0) is 30.2 Å². The molecular weight excluding hydrogens is 354 g/mol. The van der Waals surface area contributed by atoms with Crippen LogP contribution in [0.15, 0.2) is 48.5 Å². The van der Waals surface area contributed by atoms with Crippen LogP contribution in [0.2, 0.25) is 5.02 Å². The van der Waals surface area contributed by atoms with E-state index in [-0.39, 0.29) is 24.3 Å². The maximum Gasteiger partial charge on any atom is 0.243 e. The summed E-state index contributed by atoms with van der Waals surface area (Å²) in [5, 5.41) is 5.70. The predicted molar refractivity (Wildman–Crippen MR) is 102 cm³/mol. The van der Waals surface area contributed by atoms with Gasteiger partial charge in [0.2, 0.25) is 11.8 Å². The van der Waals surface area contributed by atoms with Crippen molar-refractivity contribution in [2.24, 2.45) is 11.7 Å². The largest absolute Gasteiger partial charge is 0.454 e. The predicted octanol–water partition coefficient (Wildman–Crippen LogP) is 3.17. The number of rotatable bonds is 7. The first kappa shape index (κ1) is 19.8. The van der Waals surface area contributed by atoms with Crippen LogP contribution < -0.4 is 21.1 Å². The summed E-state index contributed by atoms with van der Waals surface area (Å²) in [5.41, 5.74) is 6.22.